The average molecular weight is 397 g/mol. The Morgan fingerprint density at radius 1 is 1.21 bits per heavy atom. The molecule has 2 aromatic rings. The number of aromatic nitrogens is 2. The molecule has 0 saturated heterocycles. The van der Waals surface area contributed by atoms with Gasteiger partial charge < -0.3 is 15.4 Å². The van der Waals surface area contributed by atoms with E-state index in [1.165, 1.54) is 0 Å². The maximum atomic E-state index is 12.3. The van der Waals surface area contributed by atoms with Gasteiger partial charge in [0.05, 0.1) is 24.7 Å². The summed E-state index contributed by atoms with van der Waals surface area (Å²) in [5, 5.41) is 18.7. The number of benzene rings is 1. The first-order valence-electron chi connectivity index (χ1n) is 9.63. The Labute approximate surface area is 170 Å². The van der Waals surface area contributed by atoms with Crippen LogP contribution in [0.25, 0.3) is 0 Å². The molecule has 0 atom stereocenters. The van der Waals surface area contributed by atoms with Crippen LogP contribution in [0.15, 0.2) is 24.3 Å². The van der Waals surface area contributed by atoms with Crippen molar-refractivity contribution in [3.63, 3.8) is 0 Å². The van der Waals surface area contributed by atoms with Gasteiger partial charge in [0, 0.05) is 24.3 Å². The van der Waals surface area contributed by atoms with Crippen molar-refractivity contribution < 1.29 is 14.3 Å². The van der Waals surface area contributed by atoms with Crippen LogP contribution in [0.1, 0.15) is 36.7 Å². The summed E-state index contributed by atoms with van der Waals surface area (Å²) in [5.74, 6) is 0.293. The average Bonchev–Trinajstić information content (AvgIpc) is 2.97. The lowest BCUT2D eigenvalue weighted by atomic mass is 10.1. The van der Waals surface area contributed by atoms with Crippen LogP contribution in [0.3, 0.4) is 0 Å². The van der Waals surface area contributed by atoms with E-state index in [-0.39, 0.29) is 18.4 Å². The molecule has 1 aromatic carbocycles. The molecule has 0 aliphatic carbocycles. The summed E-state index contributed by atoms with van der Waals surface area (Å²) in [7, 11) is 0. The second kappa shape index (κ2) is 10.9. The fourth-order valence-corrected chi connectivity index (χ4v) is 2.96. The van der Waals surface area contributed by atoms with E-state index in [1.807, 2.05) is 25.5 Å². The normalized spacial score (nSPS) is 10.3. The molecule has 2 N–H and O–H groups in total. The monoisotopic (exact) mass is 397 g/mol. The van der Waals surface area contributed by atoms with Gasteiger partial charge in [-0.25, -0.2) is 0 Å². The SMILES string of the molecule is CCNC(=O)COc1ccc(NC(=O)CCc2c(C)nn(CCC#N)c2C)cc1. The van der Waals surface area contributed by atoms with Crippen molar-refractivity contribution in [2.75, 3.05) is 18.5 Å². The minimum atomic E-state index is -0.175. The summed E-state index contributed by atoms with van der Waals surface area (Å²) >= 11 is 0. The zero-order chi connectivity index (χ0) is 21.2. The van der Waals surface area contributed by atoms with E-state index in [9.17, 15) is 9.59 Å². The van der Waals surface area contributed by atoms with Gasteiger partial charge >= 0.3 is 0 Å². The molecule has 8 nitrogen and oxygen atoms in total. The predicted molar refractivity (Wildman–Crippen MR) is 110 cm³/mol. The summed E-state index contributed by atoms with van der Waals surface area (Å²) < 4.78 is 7.21. The van der Waals surface area contributed by atoms with Crippen molar-refractivity contribution in [1.29, 1.82) is 5.26 Å². The van der Waals surface area contributed by atoms with E-state index in [0.29, 0.717) is 43.8 Å². The fraction of sp³-hybridized carbons (Fsp3) is 0.429. The molecular formula is C21H27N5O3. The molecule has 1 aromatic heterocycles. The highest BCUT2D eigenvalue weighted by Crippen LogP contribution is 2.18. The van der Waals surface area contributed by atoms with E-state index >= 15 is 0 Å². The first-order chi connectivity index (χ1) is 13.9. The van der Waals surface area contributed by atoms with Gasteiger partial charge in [0.25, 0.3) is 5.91 Å². The predicted octanol–water partition coefficient (Wildman–Crippen LogP) is 2.50. The molecule has 0 aliphatic rings. The molecule has 0 aliphatic heterocycles. The molecule has 0 fully saturated rings. The molecule has 2 rings (SSSR count). The second-order valence-electron chi connectivity index (χ2n) is 6.60. The fourth-order valence-electron chi connectivity index (χ4n) is 2.96. The van der Waals surface area contributed by atoms with Crippen molar-refractivity contribution in [2.24, 2.45) is 0 Å². The maximum absolute atomic E-state index is 12.3. The van der Waals surface area contributed by atoms with Gasteiger partial charge in [-0.2, -0.15) is 10.4 Å². The van der Waals surface area contributed by atoms with Crippen molar-refractivity contribution in [3.8, 4) is 11.8 Å². The van der Waals surface area contributed by atoms with Crippen LogP contribution in [-0.2, 0) is 22.6 Å². The number of amides is 2. The van der Waals surface area contributed by atoms with Crippen molar-refractivity contribution in [3.05, 3.63) is 41.2 Å². The zero-order valence-corrected chi connectivity index (χ0v) is 17.1. The van der Waals surface area contributed by atoms with Crippen LogP contribution in [0.5, 0.6) is 5.75 Å². The first kappa shape index (κ1) is 22.0. The van der Waals surface area contributed by atoms with E-state index in [0.717, 1.165) is 17.0 Å². The molecule has 8 heteroatoms. The molecule has 0 radical (unpaired) electrons. The Kier molecular flexibility index (Phi) is 8.22. The van der Waals surface area contributed by atoms with Crippen molar-refractivity contribution >= 4 is 17.5 Å². The highest BCUT2D eigenvalue weighted by atomic mass is 16.5. The standard InChI is InChI=1S/C21H27N5O3/c1-4-23-21(28)14-29-18-8-6-17(7-9-18)24-20(27)11-10-19-15(2)25-26(16(19)3)13-5-12-22/h6-9H,4-5,10-11,13-14H2,1-3H3,(H,23,28)(H,24,27). The number of nitrogens with zero attached hydrogens (tertiary/aromatic N) is 3. The third kappa shape index (κ3) is 6.64. The number of ether oxygens (including phenoxy) is 1. The quantitative estimate of drug-likeness (QED) is 0.640. The van der Waals surface area contributed by atoms with E-state index in [4.69, 9.17) is 10.00 Å². The van der Waals surface area contributed by atoms with Gasteiger partial charge in [-0.3, -0.25) is 14.3 Å². The van der Waals surface area contributed by atoms with E-state index in [1.54, 1.807) is 24.3 Å². The number of anilines is 1. The molecular weight excluding hydrogens is 370 g/mol. The lowest BCUT2D eigenvalue weighted by Gasteiger charge is -2.09. The third-order valence-corrected chi connectivity index (χ3v) is 4.45. The van der Waals surface area contributed by atoms with Crippen LogP contribution >= 0.6 is 0 Å². The highest BCUT2D eigenvalue weighted by Gasteiger charge is 2.13. The Morgan fingerprint density at radius 3 is 2.59 bits per heavy atom. The summed E-state index contributed by atoms with van der Waals surface area (Å²) in [4.78, 5) is 23.7. The summed E-state index contributed by atoms with van der Waals surface area (Å²) in [6.07, 6.45) is 1.33. The molecule has 2 amide bonds. The Hall–Kier alpha value is -3.34. The number of hydrogen-bond donors (Lipinski definition) is 2. The molecule has 0 saturated carbocycles. The molecule has 0 unspecified atom stereocenters. The van der Waals surface area contributed by atoms with E-state index < -0.39 is 0 Å². The van der Waals surface area contributed by atoms with Crippen LogP contribution in [0.2, 0.25) is 0 Å². The smallest absolute Gasteiger partial charge is 0.257 e. The highest BCUT2D eigenvalue weighted by molar-refractivity contribution is 5.90. The number of likely N-dealkylation sites (N-methyl/N-ethyl adjacent to an activating group) is 1. The Balaban J connectivity index is 1.84. The number of hydrogen-bond acceptors (Lipinski definition) is 5. The topological polar surface area (TPSA) is 109 Å². The zero-order valence-electron chi connectivity index (χ0n) is 17.1. The number of carbonyl (C=O) groups excluding carboxylic acids is 2. The Bertz CT molecular complexity index is 881. The Morgan fingerprint density at radius 2 is 1.93 bits per heavy atom. The molecule has 0 bridgehead atoms. The minimum Gasteiger partial charge on any atom is -0.484 e. The number of nitriles is 1. The number of carbonyl (C=O) groups is 2. The van der Waals surface area contributed by atoms with Crippen LogP contribution in [0.4, 0.5) is 5.69 Å². The van der Waals surface area contributed by atoms with Crippen LogP contribution in [0, 0.1) is 25.2 Å². The van der Waals surface area contributed by atoms with Gasteiger partial charge in [-0.15, -0.1) is 0 Å². The number of aryl methyl sites for hydroxylation is 2. The lowest BCUT2D eigenvalue weighted by Crippen LogP contribution is -2.28. The van der Waals surface area contributed by atoms with Crippen LogP contribution < -0.4 is 15.4 Å². The second-order valence-corrected chi connectivity index (χ2v) is 6.60. The summed E-state index contributed by atoms with van der Waals surface area (Å²) in [6, 6.07) is 9.02. The van der Waals surface area contributed by atoms with Gasteiger partial charge in [-0.05, 0) is 57.0 Å². The van der Waals surface area contributed by atoms with Gasteiger partial charge in [0.2, 0.25) is 5.91 Å². The minimum absolute atomic E-state index is 0.0414. The van der Waals surface area contributed by atoms with Crippen LogP contribution in [-0.4, -0.2) is 34.7 Å². The third-order valence-electron chi connectivity index (χ3n) is 4.45. The van der Waals surface area contributed by atoms with Crippen molar-refractivity contribution in [1.82, 2.24) is 15.1 Å². The molecule has 29 heavy (non-hydrogen) atoms. The molecule has 0 spiro atoms. The summed E-state index contributed by atoms with van der Waals surface area (Å²) in [6.45, 7) is 6.81. The number of rotatable bonds is 10. The first-order valence-corrected chi connectivity index (χ1v) is 9.63. The largest absolute Gasteiger partial charge is 0.484 e. The number of nitrogens with one attached hydrogen (secondary N) is 2. The summed E-state index contributed by atoms with van der Waals surface area (Å²) in [5.41, 5.74) is 3.60. The maximum Gasteiger partial charge on any atom is 0.257 e. The van der Waals surface area contributed by atoms with Crippen molar-refractivity contribution in [2.45, 2.75) is 46.6 Å². The van der Waals surface area contributed by atoms with Gasteiger partial charge in [0.1, 0.15) is 5.75 Å². The lowest BCUT2D eigenvalue weighted by molar-refractivity contribution is -0.123. The molecule has 1 heterocycles. The van der Waals surface area contributed by atoms with Gasteiger partial charge in [-0.1, -0.05) is 0 Å². The van der Waals surface area contributed by atoms with Gasteiger partial charge in [0.15, 0.2) is 6.61 Å². The molecule has 154 valence electrons. The van der Waals surface area contributed by atoms with E-state index in [2.05, 4.69) is 21.8 Å².